The summed E-state index contributed by atoms with van der Waals surface area (Å²) in [4.78, 5) is 15.0. The molecule has 182 valence electrons. The maximum Gasteiger partial charge on any atom is 0.237 e. The van der Waals surface area contributed by atoms with Gasteiger partial charge in [0.2, 0.25) is 5.91 Å². The average Bonchev–Trinajstić information content (AvgIpc) is 3.33. The Morgan fingerprint density at radius 2 is 1.83 bits per heavy atom. The normalized spacial score (nSPS) is 13.9. The lowest BCUT2D eigenvalue weighted by Crippen LogP contribution is -2.33. The summed E-state index contributed by atoms with van der Waals surface area (Å²) in [6.45, 7) is 2.38. The van der Waals surface area contributed by atoms with E-state index in [1.807, 2.05) is 55.5 Å². The van der Waals surface area contributed by atoms with E-state index >= 15 is 0 Å². The minimum atomic E-state index is -0.0432. The van der Waals surface area contributed by atoms with Crippen LogP contribution in [0, 0.1) is 18.3 Å². The first-order valence-corrected chi connectivity index (χ1v) is 13.1. The molecule has 4 rings (SSSR count). The maximum atomic E-state index is 13.3. The molecule has 0 N–H and O–H groups in total. The van der Waals surface area contributed by atoms with Crippen LogP contribution in [0.5, 0.6) is 5.75 Å². The molecule has 1 saturated carbocycles. The Morgan fingerprint density at radius 3 is 2.49 bits per heavy atom. The number of hydrogen-bond acceptors (Lipinski definition) is 6. The highest BCUT2D eigenvalue weighted by Crippen LogP contribution is 2.36. The standard InChI is InChI=1S/C27H31N5O2S/c1-20-9-13-22(14-10-20)31(18-6-17-28)25(33)19-35-27-30-29-26(21-11-15-24(34-2)16-12-21)32(27)23-7-4-3-5-8-23/h9-16,23H,3-8,18-19H2,1-2H3. The molecule has 0 atom stereocenters. The van der Waals surface area contributed by atoms with Gasteiger partial charge in [0, 0.05) is 23.8 Å². The van der Waals surface area contributed by atoms with Crippen molar-refractivity contribution in [2.45, 2.75) is 56.6 Å². The molecule has 0 saturated heterocycles. The van der Waals surface area contributed by atoms with Crippen LogP contribution < -0.4 is 9.64 Å². The summed E-state index contributed by atoms with van der Waals surface area (Å²) >= 11 is 1.42. The van der Waals surface area contributed by atoms with Gasteiger partial charge in [-0.1, -0.05) is 48.7 Å². The lowest BCUT2D eigenvalue weighted by atomic mass is 9.95. The summed E-state index contributed by atoms with van der Waals surface area (Å²) in [5.41, 5.74) is 2.92. The van der Waals surface area contributed by atoms with E-state index in [0.29, 0.717) is 12.6 Å². The number of nitriles is 1. The minimum Gasteiger partial charge on any atom is -0.497 e. The molecule has 1 aliphatic carbocycles. The minimum absolute atomic E-state index is 0.0432. The van der Waals surface area contributed by atoms with E-state index in [2.05, 4.69) is 20.8 Å². The summed E-state index contributed by atoms with van der Waals surface area (Å²) in [7, 11) is 1.65. The van der Waals surface area contributed by atoms with Gasteiger partial charge in [-0.15, -0.1) is 10.2 Å². The van der Waals surface area contributed by atoms with Crippen LogP contribution in [0.3, 0.4) is 0 Å². The highest BCUT2D eigenvalue weighted by atomic mass is 32.2. The van der Waals surface area contributed by atoms with Crippen molar-refractivity contribution in [1.29, 1.82) is 5.26 Å². The Labute approximate surface area is 211 Å². The molecule has 1 aromatic heterocycles. The quantitative estimate of drug-likeness (QED) is 0.353. The van der Waals surface area contributed by atoms with Crippen molar-refractivity contribution in [3.05, 3.63) is 54.1 Å². The molecule has 1 heterocycles. The molecular formula is C27H31N5O2S. The van der Waals surface area contributed by atoms with Gasteiger partial charge in [0.05, 0.1) is 25.4 Å². The van der Waals surface area contributed by atoms with Crippen LogP contribution >= 0.6 is 11.8 Å². The molecule has 0 unspecified atom stereocenters. The summed E-state index contributed by atoms with van der Waals surface area (Å²) in [5, 5.41) is 18.9. The SMILES string of the molecule is COc1ccc(-c2nnc(SCC(=O)N(CCC#N)c3ccc(C)cc3)n2C2CCCCC2)cc1. The summed E-state index contributed by atoms with van der Waals surface area (Å²) in [5.74, 6) is 1.81. The van der Waals surface area contributed by atoms with E-state index in [9.17, 15) is 4.79 Å². The van der Waals surface area contributed by atoms with Crippen LogP contribution in [0.1, 0.15) is 50.1 Å². The van der Waals surface area contributed by atoms with Crippen molar-refractivity contribution in [3.63, 3.8) is 0 Å². The van der Waals surface area contributed by atoms with Gasteiger partial charge in [0.25, 0.3) is 0 Å². The van der Waals surface area contributed by atoms with Crippen LogP contribution in [-0.4, -0.2) is 40.1 Å². The highest BCUT2D eigenvalue weighted by Gasteiger charge is 2.25. The third-order valence-electron chi connectivity index (χ3n) is 6.37. The topological polar surface area (TPSA) is 84.0 Å². The molecule has 7 nitrogen and oxygen atoms in total. The second-order valence-electron chi connectivity index (χ2n) is 8.77. The molecular weight excluding hydrogens is 458 g/mol. The number of methoxy groups -OCH3 is 1. The predicted molar refractivity (Wildman–Crippen MR) is 139 cm³/mol. The third kappa shape index (κ3) is 6.04. The predicted octanol–water partition coefficient (Wildman–Crippen LogP) is 5.81. The van der Waals surface area contributed by atoms with Gasteiger partial charge in [0.1, 0.15) is 5.75 Å². The zero-order valence-electron chi connectivity index (χ0n) is 20.3. The number of rotatable bonds is 9. The fourth-order valence-corrected chi connectivity index (χ4v) is 5.35. The van der Waals surface area contributed by atoms with E-state index in [1.165, 1.54) is 31.0 Å². The monoisotopic (exact) mass is 489 g/mol. The van der Waals surface area contributed by atoms with E-state index in [-0.39, 0.29) is 18.1 Å². The Morgan fingerprint density at radius 1 is 1.11 bits per heavy atom. The Bertz CT molecular complexity index is 1160. The smallest absolute Gasteiger partial charge is 0.237 e. The van der Waals surface area contributed by atoms with Crippen molar-refractivity contribution >= 4 is 23.4 Å². The van der Waals surface area contributed by atoms with Crippen LogP contribution in [0.15, 0.2) is 53.7 Å². The van der Waals surface area contributed by atoms with Crippen molar-refractivity contribution < 1.29 is 9.53 Å². The Hall–Kier alpha value is -3.31. The van der Waals surface area contributed by atoms with Gasteiger partial charge in [-0.25, -0.2) is 0 Å². The summed E-state index contributed by atoms with van der Waals surface area (Å²) in [6, 6.07) is 18.2. The third-order valence-corrected chi connectivity index (χ3v) is 7.30. The second kappa shape index (κ2) is 11.9. The van der Waals surface area contributed by atoms with Gasteiger partial charge in [-0.2, -0.15) is 5.26 Å². The van der Waals surface area contributed by atoms with Crippen molar-refractivity contribution in [2.24, 2.45) is 0 Å². The van der Waals surface area contributed by atoms with E-state index < -0.39 is 0 Å². The van der Waals surface area contributed by atoms with Crippen LogP contribution in [0.4, 0.5) is 5.69 Å². The first kappa shape index (κ1) is 24.8. The average molecular weight is 490 g/mol. The van der Waals surface area contributed by atoms with Crippen LogP contribution in [0.25, 0.3) is 11.4 Å². The molecule has 0 bridgehead atoms. The maximum absolute atomic E-state index is 13.3. The number of ether oxygens (including phenoxy) is 1. The Balaban J connectivity index is 1.57. The molecule has 2 aromatic carbocycles. The van der Waals surface area contributed by atoms with E-state index in [0.717, 1.165) is 46.4 Å². The second-order valence-corrected chi connectivity index (χ2v) is 9.72. The number of thioether (sulfide) groups is 1. The van der Waals surface area contributed by atoms with Crippen molar-refractivity contribution in [1.82, 2.24) is 14.8 Å². The molecule has 3 aromatic rings. The molecule has 0 aliphatic heterocycles. The number of aryl methyl sites for hydroxylation is 1. The van der Waals surface area contributed by atoms with E-state index in [1.54, 1.807) is 12.0 Å². The van der Waals surface area contributed by atoms with Gasteiger partial charge in [-0.3, -0.25) is 9.36 Å². The fourth-order valence-electron chi connectivity index (χ4n) is 4.47. The first-order valence-electron chi connectivity index (χ1n) is 12.1. The molecule has 1 aliphatic rings. The molecule has 1 fully saturated rings. The number of carbonyl (C=O) groups excluding carboxylic acids is 1. The molecule has 8 heteroatoms. The van der Waals surface area contributed by atoms with Gasteiger partial charge < -0.3 is 9.64 Å². The van der Waals surface area contributed by atoms with E-state index in [4.69, 9.17) is 10.00 Å². The summed E-state index contributed by atoms with van der Waals surface area (Å²) < 4.78 is 7.53. The number of nitrogens with zero attached hydrogens (tertiary/aromatic N) is 5. The fraction of sp³-hybridized carbons (Fsp3) is 0.407. The first-order chi connectivity index (χ1) is 17.1. The van der Waals surface area contributed by atoms with Gasteiger partial charge >= 0.3 is 0 Å². The zero-order valence-corrected chi connectivity index (χ0v) is 21.1. The highest BCUT2D eigenvalue weighted by molar-refractivity contribution is 7.99. The molecule has 0 spiro atoms. The number of anilines is 1. The Kier molecular flexibility index (Phi) is 8.43. The number of amides is 1. The van der Waals surface area contributed by atoms with Crippen molar-refractivity contribution in [2.75, 3.05) is 24.3 Å². The van der Waals surface area contributed by atoms with Crippen molar-refractivity contribution in [3.8, 4) is 23.2 Å². The number of carbonyl (C=O) groups is 1. The number of aromatic nitrogens is 3. The largest absolute Gasteiger partial charge is 0.497 e. The van der Waals surface area contributed by atoms with Crippen LogP contribution in [0.2, 0.25) is 0 Å². The molecule has 35 heavy (non-hydrogen) atoms. The number of benzene rings is 2. The lowest BCUT2D eigenvalue weighted by Gasteiger charge is -2.26. The molecule has 0 radical (unpaired) electrons. The molecule has 1 amide bonds. The van der Waals surface area contributed by atoms with Crippen LogP contribution in [-0.2, 0) is 4.79 Å². The van der Waals surface area contributed by atoms with Gasteiger partial charge in [0.15, 0.2) is 11.0 Å². The zero-order chi connectivity index (χ0) is 24.6. The number of hydrogen-bond donors (Lipinski definition) is 0. The summed E-state index contributed by atoms with van der Waals surface area (Å²) in [6.07, 6.45) is 6.07. The van der Waals surface area contributed by atoms with Gasteiger partial charge in [-0.05, 0) is 56.2 Å². The lowest BCUT2D eigenvalue weighted by molar-refractivity contribution is -0.116.